The molecule has 16 heavy (non-hydrogen) atoms. The maximum Gasteiger partial charge on any atom is 0.312 e. The summed E-state index contributed by atoms with van der Waals surface area (Å²) in [5.41, 5.74) is 4.87. The Labute approximate surface area is 94.7 Å². The first-order valence-electron chi connectivity index (χ1n) is 5.18. The van der Waals surface area contributed by atoms with Gasteiger partial charge in [0.25, 0.3) is 0 Å². The first-order chi connectivity index (χ1) is 7.56. The molecule has 0 saturated heterocycles. The van der Waals surface area contributed by atoms with Crippen molar-refractivity contribution in [1.29, 1.82) is 5.26 Å². The number of nitrogens with one attached hydrogen (secondary N) is 1. The van der Waals surface area contributed by atoms with Crippen molar-refractivity contribution in [2.45, 2.75) is 38.7 Å². The topological polar surface area (TPSA) is 105 Å². The van der Waals surface area contributed by atoms with Crippen LogP contribution >= 0.6 is 0 Å². The molecular weight excluding hydrogens is 210 g/mol. The third-order valence-electron chi connectivity index (χ3n) is 1.85. The molecule has 1 atom stereocenters. The van der Waals surface area contributed by atoms with Crippen LogP contribution in [0.2, 0.25) is 0 Å². The molecule has 6 heteroatoms. The second-order valence-electron chi connectivity index (χ2n) is 3.36. The van der Waals surface area contributed by atoms with Crippen LogP contribution in [0, 0.1) is 11.3 Å². The van der Waals surface area contributed by atoms with Gasteiger partial charge in [0, 0.05) is 13.0 Å². The molecule has 0 radical (unpaired) electrons. The highest BCUT2D eigenvalue weighted by molar-refractivity contribution is 5.71. The monoisotopic (exact) mass is 227 g/mol. The zero-order valence-electron chi connectivity index (χ0n) is 9.36. The van der Waals surface area contributed by atoms with Gasteiger partial charge in [0.05, 0.1) is 0 Å². The van der Waals surface area contributed by atoms with Gasteiger partial charge in [0.2, 0.25) is 0 Å². The largest absolute Gasteiger partial charge is 0.447 e. The summed E-state index contributed by atoms with van der Waals surface area (Å²) < 4.78 is 4.75. The number of nitrogens with zero attached hydrogens (tertiary/aromatic N) is 1. The lowest BCUT2D eigenvalue weighted by atomic mass is 10.2. The van der Waals surface area contributed by atoms with Crippen LogP contribution in [0.3, 0.4) is 0 Å². The Morgan fingerprint density at radius 1 is 1.44 bits per heavy atom. The standard InChI is InChI=1S/C10H17N3O3/c1-8(7-11)16-9(14)5-3-2-4-6-13-10(12)15/h8H,2-6H2,1H3,(H3,12,13,15)/t8-/m1/s1. The Kier molecular flexibility index (Phi) is 7.59. The number of ether oxygens (including phenoxy) is 1. The van der Waals surface area contributed by atoms with E-state index >= 15 is 0 Å². The first kappa shape index (κ1) is 14.2. The fourth-order valence-corrected chi connectivity index (χ4v) is 1.07. The van der Waals surface area contributed by atoms with Crippen LogP contribution in [0.25, 0.3) is 0 Å². The average Bonchev–Trinajstić information content (AvgIpc) is 2.22. The molecule has 0 rings (SSSR count). The molecule has 0 saturated carbocycles. The summed E-state index contributed by atoms with van der Waals surface area (Å²) in [6, 6.07) is 1.27. The van der Waals surface area contributed by atoms with Crippen molar-refractivity contribution >= 4 is 12.0 Å². The Hall–Kier alpha value is -1.77. The Bertz CT molecular complexity index is 273. The molecule has 90 valence electrons. The summed E-state index contributed by atoms with van der Waals surface area (Å²) in [5, 5.41) is 10.9. The van der Waals surface area contributed by atoms with Crippen molar-refractivity contribution in [2.75, 3.05) is 6.54 Å². The average molecular weight is 227 g/mol. The quantitative estimate of drug-likeness (QED) is 0.492. The minimum atomic E-state index is -0.691. The maximum absolute atomic E-state index is 11.1. The summed E-state index contributed by atoms with van der Waals surface area (Å²) in [4.78, 5) is 21.4. The third-order valence-corrected chi connectivity index (χ3v) is 1.85. The number of rotatable bonds is 7. The van der Waals surface area contributed by atoms with Gasteiger partial charge in [-0.1, -0.05) is 6.42 Å². The maximum atomic E-state index is 11.1. The number of nitrogens with two attached hydrogens (primary N) is 1. The zero-order chi connectivity index (χ0) is 12.4. The van der Waals surface area contributed by atoms with E-state index in [1.165, 1.54) is 6.92 Å². The van der Waals surface area contributed by atoms with E-state index in [0.717, 1.165) is 12.8 Å². The molecule has 2 amide bonds. The van der Waals surface area contributed by atoms with E-state index in [1.54, 1.807) is 0 Å². The molecule has 0 aliphatic carbocycles. The zero-order valence-corrected chi connectivity index (χ0v) is 9.36. The smallest absolute Gasteiger partial charge is 0.312 e. The number of hydrogen-bond acceptors (Lipinski definition) is 4. The van der Waals surface area contributed by atoms with Crippen molar-refractivity contribution in [3.63, 3.8) is 0 Å². The number of primary amides is 1. The number of amides is 2. The predicted molar refractivity (Wildman–Crippen MR) is 57.2 cm³/mol. The highest BCUT2D eigenvalue weighted by Gasteiger charge is 2.07. The van der Waals surface area contributed by atoms with Crippen molar-refractivity contribution in [1.82, 2.24) is 5.32 Å². The molecule has 0 spiro atoms. The second kappa shape index (κ2) is 8.53. The van der Waals surface area contributed by atoms with Gasteiger partial charge in [0.15, 0.2) is 6.10 Å². The van der Waals surface area contributed by atoms with Crippen LogP contribution in [0.5, 0.6) is 0 Å². The SMILES string of the molecule is C[C@H](C#N)OC(=O)CCCCCNC(N)=O. The van der Waals surface area contributed by atoms with Crippen LogP contribution in [0.1, 0.15) is 32.6 Å². The van der Waals surface area contributed by atoms with Gasteiger partial charge in [-0.15, -0.1) is 0 Å². The number of unbranched alkanes of at least 4 members (excludes halogenated alkanes) is 2. The number of nitriles is 1. The van der Waals surface area contributed by atoms with E-state index < -0.39 is 12.1 Å². The summed E-state index contributed by atoms with van der Waals surface area (Å²) in [7, 11) is 0. The van der Waals surface area contributed by atoms with Crippen molar-refractivity contribution in [3.8, 4) is 6.07 Å². The first-order valence-corrected chi connectivity index (χ1v) is 5.18. The second-order valence-corrected chi connectivity index (χ2v) is 3.36. The number of urea groups is 1. The molecule has 6 nitrogen and oxygen atoms in total. The summed E-state index contributed by atoms with van der Waals surface area (Å²) in [6.45, 7) is 2.04. The Morgan fingerprint density at radius 3 is 2.69 bits per heavy atom. The highest BCUT2D eigenvalue weighted by Crippen LogP contribution is 2.02. The number of esters is 1. The van der Waals surface area contributed by atoms with Gasteiger partial charge in [-0.3, -0.25) is 4.79 Å². The minimum absolute atomic E-state index is 0.294. The van der Waals surface area contributed by atoms with E-state index in [1.807, 2.05) is 6.07 Å². The molecule has 0 bridgehead atoms. The Morgan fingerprint density at radius 2 is 2.12 bits per heavy atom. The molecule has 0 fully saturated rings. The van der Waals surface area contributed by atoms with Crippen LogP contribution < -0.4 is 11.1 Å². The van der Waals surface area contributed by atoms with Gasteiger partial charge in [-0.25, -0.2) is 4.79 Å². The molecule has 0 unspecified atom stereocenters. The molecule has 0 aliphatic heterocycles. The summed E-state index contributed by atoms with van der Waals surface area (Å²) in [5.74, 6) is -0.364. The van der Waals surface area contributed by atoms with Gasteiger partial charge in [0.1, 0.15) is 6.07 Å². The molecule has 3 N–H and O–H groups in total. The Balaban J connectivity index is 3.35. The van der Waals surface area contributed by atoms with Crippen LogP contribution in [-0.2, 0) is 9.53 Å². The van der Waals surface area contributed by atoms with E-state index in [9.17, 15) is 9.59 Å². The number of hydrogen-bond donors (Lipinski definition) is 2. The molecule has 0 aromatic rings. The lowest BCUT2D eigenvalue weighted by Crippen LogP contribution is -2.29. The molecular formula is C10H17N3O3. The van der Waals surface area contributed by atoms with Crippen LogP contribution in [0.15, 0.2) is 0 Å². The normalized spacial score (nSPS) is 11.2. The van der Waals surface area contributed by atoms with Gasteiger partial charge < -0.3 is 15.8 Å². The molecule has 0 aromatic heterocycles. The van der Waals surface area contributed by atoms with Crippen LogP contribution in [-0.4, -0.2) is 24.6 Å². The van der Waals surface area contributed by atoms with E-state index in [4.69, 9.17) is 15.7 Å². The van der Waals surface area contributed by atoms with Crippen molar-refractivity contribution in [2.24, 2.45) is 5.73 Å². The predicted octanol–water partition coefficient (Wildman–Crippen LogP) is 0.670. The lowest BCUT2D eigenvalue weighted by Gasteiger charge is -2.05. The minimum Gasteiger partial charge on any atom is -0.447 e. The van der Waals surface area contributed by atoms with E-state index in [-0.39, 0.29) is 5.97 Å². The van der Waals surface area contributed by atoms with Gasteiger partial charge >= 0.3 is 12.0 Å². The van der Waals surface area contributed by atoms with E-state index in [2.05, 4.69) is 5.32 Å². The van der Waals surface area contributed by atoms with Gasteiger partial charge in [-0.2, -0.15) is 5.26 Å². The van der Waals surface area contributed by atoms with Crippen LogP contribution in [0.4, 0.5) is 4.79 Å². The van der Waals surface area contributed by atoms with E-state index in [0.29, 0.717) is 19.4 Å². The fourth-order valence-electron chi connectivity index (χ4n) is 1.07. The number of carbonyl (C=O) groups is 2. The molecule has 0 aliphatic rings. The van der Waals surface area contributed by atoms with Crippen molar-refractivity contribution < 1.29 is 14.3 Å². The fraction of sp³-hybridized carbons (Fsp3) is 0.700. The van der Waals surface area contributed by atoms with Crippen molar-refractivity contribution in [3.05, 3.63) is 0 Å². The summed E-state index contributed by atoms with van der Waals surface area (Å²) in [6.07, 6.45) is 1.85. The molecule has 0 heterocycles. The molecule has 0 aromatic carbocycles. The third kappa shape index (κ3) is 8.81. The highest BCUT2D eigenvalue weighted by atomic mass is 16.5. The summed E-state index contributed by atoms with van der Waals surface area (Å²) >= 11 is 0. The van der Waals surface area contributed by atoms with Gasteiger partial charge in [-0.05, 0) is 19.8 Å². The number of carbonyl (C=O) groups excluding carboxylic acids is 2. The lowest BCUT2D eigenvalue weighted by molar-refractivity contribution is -0.146.